The molecule has 6 heteroatoms. The van der Waals surface area contributed by atoms with Crippen LogP contribution in [-0.4, -0.2) is 34.7 Å². The maximum atomic E-state index is 13.2. The van der Waals surface area contributed by atoms with Gasteiger partial charge in [-0.3, -0.25) is 14.8 Å². The summed E-state index contributed by atoms with van der Waals surface area (Å²) in [6.07, 6.45) is -0.571. The van der Waals surface area contributed by atoms with Gasteiger partial charge in [0, 0.05) is 11.5 Å². The van der Waals surface area contributed by atoms with E-state index in [-0.39, 0.29) is 17.6 Å². The number of hydrogen-bond acceptors (Lipinski definition) is 5. The Morgan fingerprint density at radius 2 is 1.52 bits per heavy atom. The van der Waals surface area contributed by atoms with E-state index in [9.17, 15) is 19.6 Å². The van der Waals surface area contributed by atoms with E-state index in [1.165, 1.54) is 0 Å². The zero-order valence-corrected chi connectivity index (χ0v) is 17.5. The van der Waals surface area contributed by atoms with Crippen LogP contribution in [0.2, 0.25) is 0 Å². The van der Waals surface area contributed by atoms with E-state index >= 15 is 0 Å². The van der Waals surface area contributed by atoms with Crippen LogP contribution < -0.4 is 0 Å². The highest BCUT2D eigenvalue weighted by molar-refractivity contribution is 6.17. The van der Waals surface area contributed by atoms with Gasteiger partial charge in [0.1, 0.15) is 6.61 Å². The number of esters is 1. The summed E-state index contributed by atoms with van der Waals surface area (Å²) in [6, 6.07) is 24.6. The van der Waals surface area contributed by atoms with E-state index in [2.05, 4.69) is 11.8 Å². The van der Waals surface area contributed by atoms with Gasteiger partial charge in [0.2, 0.25) is 5.41 Å². The number of hydroxylamine groups is 2. The first-order chi connectivity index (χ1) is 16.0. The normalized spacial score (nSPS) is 19.0. The molecule has 3 aromatic carbocycles. The van der Waals surface area contributed by atoms with Crippen LogP contribution in [0.4, 0.5) is 0 Å². The highest BCUT2D eigenvalue weighted by atomic mass is 16.5. The van der Waals surface area contributed by atoms with Crippen molar-refractivity contribution in [2.24, 2.45) is 5.41 Å². The Kier molecular flexibility index (Phi) is 5.04. The van der Waals surface area contributed by atoms with E-state index in [1.807, 2.05) is 54.6 Å². The molecule has 0 spiro atoms. The van der Waals surface area contributed by atoms with Crippen molar-refractivity contribution in [3.05, 3.63) is 95.6 Å². The summed E-state index contributed by atoms with van der Waals surface area (Å²) in [5.74, 6) is 2.28. The molecule has 5 rings (SSSR count). The SMILES string of the molecule is O=C1CC(C#Cc2ccccc2)(C(=O)OCC2c3ccccc3-c3ccccc32)C(=O)N1O. The van der Waals surface area contributed by atoms with Crippen LogP contribution in [0.3, 0.4) is 0 Å². The van der Waals surface area contributed by atoms with Crippen molar-refractivity contribution in [3.63, 3.8) is 0 Å². The molecule has 1 N–H and O–H groups in total. The van der Waals surface area contributed by atoms with Gasteiger partial charge in [-0.05, 0) is 34.4 Å². The number of imide groups is 1. The van der Waals surface area contributed by atoms with Gasteiger partial charge in [-0.25, -0.2) is 4.79 Å². The van der Waals surface area contributed by atoms with Gasteiger partial charge in [0.05, 0.1) is 6.42 Å². The van der Waals surface area contributed by atoms with Crippen molar-refractivity contribution in [2.45, 2.75) is 12.3 Å². The van der Waals surface area contributed by atoms with Gasteiger partial charge in [-0.15, -0.1) is 0 Å². The quantitative estimate of drug-likeness (QED) is 0.223. The highest BCUT2D eigenvalue weighted by Gasteiger charge is 2.58. The molecule has 1 saturated heterocycles. The van der Waals surface area contributed by atoms with E-state index in [0.717, 1.165) is 22.3 Å². The predicted octanol–water partition coefficient (Wildman–Crippen LogP) is 3.53. The lowest BCUT2D eigenvalue weighted by Gasteiger charge is -2.20. The number of ether oxygens (including phenoxy) is 1. The average Bonchev–Trinajstić information content (AvgIpc) is 3.29. The van der Waals surface area contributed by atoms with Crippen molar-refractivity contribution in [1.82, 2.24) is 5.06 Å². The van der Waals surface area contributed by atoms with Gasteiger partial charge in [-0.1, -0.05) is 78.6 Å². The minimum Gasteiger partial charge on any atom is -0.463 e. The third-order valence-corrected chi connectivity index (χ3v) is 6.10. The molecule has 1 unspecified atom stereocenters. The first kappa shape index (κ1) is 20.7. The van der Waals surface area contributed by atoms with Crippen LogP contribution in [0.1, 0.15) is 29.0 Å². The summed E-state index contributed by atoms with van der Waals surface area (Å²) in [6.45, 7) is -0.0193. The Morgan fingerprint density at radius 1 is 0.939 bits per heavy atom. The first-order valence-corrected chi connectivity index (χ1v) is 10.5. The predicted molar refractivity (Wildman–Crippen MR) is 119 cm³/mol. The zero-order valence-electron chi connectivity index (χ0n) is 17.5. The average molecular weight is 437 g/mol. The molecule has 162 valence electrons. The lowest BCUT2D eigenvalue weighted by atomic mass is 9.86. The molecule has 33 heavy (non-hydrogen) atoms. The summed E-state index contributed by atoms with van der Waals surface area (Å²) in [4.78, 5) is 38.1. The number of nitrogens with zero attached hydrogens (tertiary/aromatic N) is 1. The van der Waals surface area contributed by atoms with E-state index in [0.29, 0.717) is 5.56 Å². The van der Waals surface area contributed by atoms with Crippen molar-refractivity contribution in [2.75, 3.05) is 6.61 Å². The number of fused-ring (bicyclic) bond motifs is 3. The summed E-state index contributed by atoms with van der Waals surface area (Å²) >= 11 is 0. The molecule has 1 heterocycles. The lowest BCUT2D eigenvalue weighted by Crippen LogP contribution is -2.40. The topological polar surface area (TPSA) is 83.9 Å². The maximum Gasteiger partial charge on any atom is 0.334 e. The number of benzene rings is 3. The molecule has 1 aliphatic carbocycles. The zero-order chi connectivity index (χ0) is 23.0. The van der Waals surface area contributed by atoms with Gasteiger partial charge in [-0.2, -0.15) is 5.06 Å². The molecule has 1 atom stereocenters. The van der Waals surface area contributed by atoms with Crippen molar-refractivity contribution in [1.29, 1.82) is 0 Å². The fraction of sp³-hybridized carbons (Fsp3) is 0.148. The minimum atomic E-state index is -2.08. The molecular weight excluding hydrogens is 418 g/mol. The molecule has 0 bridgehead atoms. The maximum absolute atomic E-state index is 13.2. The molecule has 1 aliphatic heterocycles. The summed E-state index contributed by atoms with van der Waals surface area (Å²) < 4.78 is 5.63. The number of hydrogen-bond donors (Lipinski definition) is 1. The van der Waals surface area contributed by atoms with E-state index < -0.39 is 29.6 Å². The molecule has 3 aromatic rings. The molecule has 0 saturated carbocycles. The van der Waals surface area contributed by atoms with Crippen LogP contribution in [-0.2, 0) is 19.1 Å². The van der Waals surface area contributed by atoms with Gasteiger partial charge >= 0.3 is 5.97 Å². The van der Waals surface area contributed by atoms with Crippen LogP contribution in [0.15, 0.2) is 78.9 Å². The second-order valence-electron chi connectivity index (χ2n) is 8.03. The number of rotatable bonds is 3. The fourth-order valence-electron chi connectivity index (χ4n) is 4.40. The van der Waals surface area contributed by atoms with E-state index in [4.69, 9.17) is 4.74 Å². The summed E-state index contributed by atoms with van der Waals surface area (Å²) in [7, 11) is 0. The van der Waals surface area contributed by atoms with Crippen LogP contribution in [0.5, 0.6) is 0 Å². The fourth-order valence-corrected chi connectivity index (χ4v) is 4.40. The molecular formula is C27H19NO5. The third-order valence-electron chi connectivity index (χ3n) is 6.10. The van der Waals surface area contributed by atoms with Crippen molar-refractivity contribution >= 4 is 17.8 Å². The minimum absolute atomic E-state index is 0.0193. The smallest absolute Gasteiger partial charge is 0.334 e. The lowest BCUT2D eigenvalue weighted by molar-refractivity contribution is -0.175. The molecule has 2 aliphatic rings. The third kappa shape index (κ3) is 3.39. The van der Waals surface area contributed by atoms with E-state index in [1.54, 1.807) is 24.3 Å². The molecule has 0 aromatic heterocycles. The van der Waals surface area contributed by atoms with Crippen LogP contribution >= 0.6 is 0 Å². The van der Waals surface area contributed by atoms with Gasteiger partial charge in [0.25, 0.3) is 11.8 Å². The standard InChI is InChI=1S/C27H19NO5/c29-24-16-27(25(30)28(24)32,15-14-18-8-2-1-3-9-18)26(31)33-17-23-21-12-6-4-10-19(21)20-11-5-7-13-22(20)23/h1-13,23,32H,16-17H2. The summed E-state index contributed by atoms with van der Waals surface area (Å²) in [5.41, 5.74) is 2.67. The Hall–Kier alpha value is -4.21. The molecule has 1 fully saturated rings. The Morgan fingerprint density at radius 3 is 2.09 bits per heavy atom. The monoisotopic (exact) mass is 437 g/mol. The van der Waals surface area contributed by atoms with Gasteiger partial charge < -0.3 is 4.74 Å². The largest absolute Gasteiger partial charge is 0.463 e. The number of carbonyl (C=O) groups is 3. The van der Waals surface area contributed by atoms with Crippen LogP contribution in [0, 0.1) is 17.3 Å². The van der Waals surface area contributed by atoms with Gasteiger partial charge in [0.15, 0.2) is 0 Å². The number of carbonyl (C=O) groups excluding carboxylic acids is 3. The second-order valence-corrected chi connectivity index (χ2v) is 8.03. The first-order valence-electron chi connectivity index (χ1n) is 10.5. The number of amides is 2. The Balaban J connectivity index is 1.46. The molecule has 2 amide bonds. The second kappa shape index (κ2) is 8.05. The van der Waals surface area contributed by atoms with Crippen molar-refractivity contribution in [3.8, 4) is 23.0 Å². The molecule has 0 radical (unpaired) electrons. The molecule has 6 nitrogen and oxygen atoms in total. The Labute approximate surface area is 190 Å². The summed E-state index contributed by atoms with van der Waals surface area (Å²) in [5, 5.41) is 9.81. The van der Waals surface area contributed by atoms with Crippen LogP contribution in [0.25, 0.3) is 11.1 Å². The Bertz CT molecular complexity index is 1290. The highest BCUT2D eigenvalue weighted by Crippen LogP contribution is 2.45. The van der Waals surface area contributed by atoms with Crippen molar-refractivity contribution < 1.29 is 24.3 Å².